The van der Waals surface area contributed by atoms with Gasteiger partial charge in [-0.3, -0.25) is 4.79 Å². The first-order chi connectivity index (χ1) is 12.5. The Hall–Kier alpha value is -3.28. The number of carbonyl (C=O) groups is 1. The number of rotatable bonds is 5. The van der Waals surface area contributed by atoms with Gasteiger partial charge in [0.1, 0.15) is 22.6 Å². The second-order valence-electron chi connectivity index (χ2n) is 5.82. The number of amides is 1. The standard InChI is InChI=1S/C20H19NO5/c1-12(13-4-6-15(24-2)7-5-13)21-19(22)17-11-14-10-16(25-3)8-9-18(14)26-20(17)23/h4-12H,1-3H3,(H,21,22)/t12-/m0/s1. The summed E-state index contributed by atoms with van der Waals surface area (Å²) in [5.41, 5.74) is 0.565. The zero-order valence-electron chi connectivity index (χ0n) is 14.7. The maximum Gasteiger partial charge on any atom is 0.349 e. The Morgan fingerprint density at radius 3 is 2.31 bits per heavy atom. The van der Waals surface area contributed by atoms with Crippen LogP contribution < -0.4 is 20.4 Å². The fourth-order valence-electron chi connectivity index (χ4n) is 2.64. The Balaban J connectivity index is 1.86. The number of hydrogen-bond acceptors (Lipinski definition) is 5. The molecule has 1 atom stereocenters. The monoisotopic (exact) mass is 353 g/mol. The summed E-state index contributed by atoms with van der Waals surface area (Å²) >= 11 is 0. The first-order valence-electron chi connectivity index (χ1n) is 8.08. The molecule has 0 saturated carbocycles. The molecule has 3 rings (SSSR count). The lowest BCUT2D eigenvalue weighted by atomic mass is 10.1. The molecule has 0 aliphatic rings. The maximum absolute atomic E-state index is 12.5. The molecule has 0 aliphatic carbocycles. The number of fused-ring (bicyclic) bond motifs is 1. The Kier molecular flexibility index (Phi) is 4.93. The van der Waals surface area contributed by atoms with E-state index in [4.69, 9.17) is 13.9 Å². The van der Waals surface area contributed by atoms with Gasteiger partial charge in [0.2, 0.25) is 0 Å². The first kappa shape index (κ1) is 17.5. The molecule has 3 aromatic rings. The molecule has 0 fully saturated rings. The van der Waals surface area contributed by atoms with Crippen LogP contribution in [0.15, 0.2) is 57.7 Å². The van der Waals surface area contributed by atoms with Crippen LogP contribution in [0.4, 0.5) is 0 Å². The predicted molar refractivity (Wildman–Crippen MR) is 97.9 cm³/mol. The van der Waals surface area contributed by atoms with Gasteiger partial charge < -0.3 is 19.2 Å². The van der Waals surface area contributed by atoms with E-state index in [-0.39, 0.29) is 11.6 Å². The summed E-state index contributed by atoms with van der Waals surface area (Å²) in [7, 11) is 3.14. The first-order valence-corrected chi connectivity index (χ1v) is 8.08. The molecule has 0 spiro atoms. The van der Waals surface area contributed by atoms with E-state index in [9.17, 15) is 9.59 Å². The summed E-state index contributed by atoms with van der Waals surface area (Å²) in [6.07, 6.45) is 0. The third kappa shape index (κ3) is 3.54. The molecular formula is C20H19NO5. The molecule has 0 unspecified atom stereocenters. The molecule has 0 aliphatic heterocycles. The molecule has 26 heavy (non-hydrogen) atoms. The average Bonchev–Trinajstić information content (AvgIpc) is 2.67. The average molecular weight is 353 g/mol. The van der Waals surface area contributed by atoms with Gasteiger partial charge in [0, 0.05) is 5.39 Å². The van der Waals surface area contributed by atoms with Crippen LogP contribution in [-0.4, -0.2) is 20.1 Å². The van der Waals surface area contributed by atoms with Gasteiger partial charge in [-0.1, -0.05) is 12.1 Å². The van der Waals surface area contributed by atoms with Crippen molar-refractivity contribution in [3.05, 3.63) is 70.1 Å². The minimum Gasteiger partial charge on any atom is -0.497 e. The van der Waals surface area contributed by atoms with Gasteiger partial charge in [0.05, 0.1) is 20.3 Å². The summed E-state index contributed by atoms with van der Waals surface area (Å²) in [6, 6.07) is 13.6. The number of nitrogens with one attached hydrogen (secondary N) is 1. The molecular weight excluding hydrogens is 334 g/mol. The lowest BCUT2D eigenvalue weighted by molar-refractivity contribution is 0.0936. The summed E-state index contributed by atoms with van der Waals surface area (Å²) < 4.78 is 15.5. The molecule has 0 bridgehead atoms. The van der Waals surface area contributed by atoms with Gasteiger partial charge in [0.15, 0.2) is 0 Å². The van der Waals surface area contributed by atoms with Crippen molar-refractivity contribution >= 4 is 16.9 Å². The normalized spacial score (nSPS) is 11.8. The van der Waals surface area contributed by atoms with Gasteiger partial charge in [-0.25, -0.2) is 4.79 Å². The Morgan fingerprint density at radius 1 is 1.00 bits per heavy atom. The summed E-state index contributed by atoms with van der Waals surface area (Å²) in [6.45, 7) is 1.84. The fraction of sp³-hybridized carbons (Fsp3) is 0.200. The van der Waals surface area contributed by atoms with E-state index in [1.807, 2.05) is 31.2 Å². The van der Waals surface area contributed by atoms with Crippen molar-refractivity contribution in [2.75, 3.05) is 14.2 Å². The van der Waals surface area contributed by atoms with Crippen LogP contribution in [-0.2, 0) is 0 Å². The van der Waals surface area contributed by atoms with E-state index < -0.39 is 11.5 Å². The van der Waals surface area contributed by atoms with E-state index in [2.05, 4.69) is 5.32 Å². The van der Waals surface area contributed by atoms with Crippen LogP contribution in [0.2, 0.25) is 0 Å². The quantitative estimate of drug-likeness (QED) is 0.712. The topological polar surface area (TPSA) is 77.8 Å². The zero-order valence-corrected chi connectivity index (χ0v) is 14.7. The van der Waals surface area contributed by atoms with Crippen molar-refractivity contribution in [2.45, 2.75) is 13.0 Å². The maximum atomic E-state index is 12.5. The number of benzene rings is 2. The van der Waals surface area contributed by atoms with Gasteiger partial charge in [0.25, 0.3) is 5.91 Å². The van der Waals surface area contributed by atoms with Gasteiger partial charge in [-0.15, -0.1) is 0 Å². The molecule has 1 heterocycles. The second-order valence-corrected chi connectivity index (χ2v) is 5.82. The minimum atomic E-state index is -0.679. The van der Waals surface area contributed by atoms with Gasteiger partial charge in [-0.05, 0) is 48.9 Å². The molecule has 1 amide bonds. The molecule has 0 radical (unpaired) electrons. The molecule has 1 N–H and O–H groups in total. The summed E-state index contributed by atoms with van der Waals surface area (Å²) in [5.74, 6) is 0.854. The van der Waals surface area contributed by atoms with Crippen LogP contribution in [0.1, 0.15) is 28.9 Å². The van der Waals surface area contributed by atoms with Gasteiger partial charge in [-0.2, -0.15) is 0 Å². The molecule has 6 heteroatoms. The van der Waals surface area contributed by atoms with Crippen molar-refractivity contribution in [3.63, 3.8) is 0 Å². The Bertz CT molecular complexity index is 991. The molecule has 0 saturated heterocycles. The molecule has 134 valence electrons. The highest BCUT2D eigenvalue weighted by Crippen LogP contribution is 2.21. The fourth-order valence-corrected chi connectivity index (χ4v) is 2.64. The number of ether oxygens (including phenoxy) is 2. The van der Waals surface area contributed by atoms with Crippen molar-refractivity contribution in [1.29, 1.82) is 0 Å². The van der Waals surface area contributed by atoms with E-state index in [0.717, 1.165) is 11.3 Å². The van der Waals surface area contributed by atoms with E-state index >= 15 is 0 Å². The highest BCUT2D eigenvalue weighted by atomic mass is 16.5. The number of hydrogen-bond donors (Lipinski definition) is 1. The number of methoxy groups -OCH3 is 2. The Morgan fingerprint density at radius 2 is 1.65 bits per heavy atom. The molecule has 1 aromatic heterocycles. The van der Waals surface area contributed by atoms with Crippen LogP contribution in [0.25, 0.3) is 11.0 Å². The molecule has 2 aromatic carbocycles. The third-order valence-electron chi connectivity index (χ3n) is 4.15. The highest BCUT2D eigenvalue weighted by molar-refractivity contribution is 5.97. The number of carbonyl (C=O) groups excluding carboxylic acids is 1. The van der Waals surface area contributed by atoms with Gasteiger partial charge >= 0.3 is 5.63 Å². The Labute approximate surface area is 150 Å². The largest absolute Gasteiger partial charge is 0.497 e. The van der Waals surface area contributed by atoms with Crippen LogP contribution in [0.5, 0.6) is 11.5 Å². The van der Waals surface area contributed by atoms with Crippen molar-refractivity contribution in [3.8, 4) is 11.5 Å². The van der Waals surface area contributed by atoms with Crippen LogP contribution in [0, 0.1) is 0 Å². The van der Waals surface area contributed by atoms with Crippen molar-refractivity contribution < 1.29 is 18.7 Å². The molecule has 6 nitrogen and oxygen atoms in total. The highest BCUT2D eigenvalue weighted by Gasteiger charge is 2.17. The third-order valence-corrected chi connectivity index (χ3v) is 4.15. The SMILES string of the molecule is COc1ccc([C@H](C)NC(=O)c2cc3cc(OC)ccc3oc2=O)cc1. The van der Waals surface area contributed by atoms with E-state index in [1.54, 1.807) is 32.4 Å². The lowest BCUT2D eigenvalue weighted by Crippen LogP contribution is -2.30. The summed E-state index contributed by atoms with van der Waals surface area (Å²) in [4.78, 5) is 24.7. The second kappa shape index (κ2) is 7.31. The van der Waals surface area contributed by atoms with E-state index in [1.165, 1.54) is 6.07 Å². The van der Waals surface area contributed by atoms with Crippen LogP contribution >= 0.6 is 0 Å². The van der Waals surface area contributed by atoms with Crippen molar-refractivity contribution in [2.24, 2.45) is 0 Å². The lowest BCUT2D eigenvalue weighted by Gasteiger charge is -2.14. The smallest absolute Gasteiger partial charge is 0.349 e. The summed E-state index contributed by atoms with van der Waals surface area (Å²) in [5, 5.41) is 3.43. The van der Waals surface area contributed by atoms with E-state index in [0.29, 0.717) is 16.7 Å². The van der Waals surface area contributed by atoms with Crippen LogP contribution in [0.3, 0.4) is 0 Å². The minimum absolute atomic E-state index is 0.0499. The zero-order chi connectivity index (χ0) is 18.7. The van der Waals surface area contributed by atoms with Crippen molar-refractivity contribution in [1.82, 2.24) is 5.32 Å². The predicted octanol–water partition coefficient (Wildman–Crippen LogP) is 3.30.